The fourth-order valence-corrected chi connectivity index (χ4v) is 2.11. The average Bonchev–Trinajstić information content (AvgIpc) is 2.57. The van der Waals surface area contributed by atoms with E-state index in [1.54, 1.807) is 18.5 Å². The second-order valence-electron chi connectivity index (χ2n) is 6.68. The fourth-order valence-electron chi connectivity index (χ4n) is 2.11. The zero-order valence-electron chi connectivity index (χ0n) is 13.6. The molecule has 1 saturated heterocycles. The third kappa shape index (κ3) is 3.11. The van der Waals surface area contributed by atoms with Crippen molar-refractivity contribution in [3.05, 3.63) is 24.0 Å². The van der Waals surface area contributed by atoms with Crippen LogP contribution in [0.5, 0.6) is 0 Å². The summed E-state index contributed by atoms with van der Waals surface area (Å²) in [5, 5.41) is 2.89. The van der Waals surface area contributed by atoms with E-state index in [1.807, 2.05) is 41.5 Å². The zero-order valence-corrected chi connectivity index (χ0v) is 13.6. The Morgan fingerprint density at radius 1 is 1.24 bits per heavy atom. The highest BCUT2D eigenvalue weighted by molar-refractivity contribution is 6.63. The van der Waals surface area contributed by atoms with E-state index in [2.05, 4.69) is 10.3 Å². The summed E-state index contributed by atoms with van der Waals surface area (Å²) in [6.45, 7) is 11.8. The Balaban J connectivity index is 2.32. The molecule has 0 aromatic carbocycles. The van der Waals surface area contributed by atoms with Crippen LogP contribution in [0.3, 0.4) is 0 Å². The topological polar surface area (TPSA) is 60.5 Å². The molecule has 1 amide bonds. The molecule has 0 atom stereocenters. The molecule has 0 saturated carbocycles. The van der Waals surface area contributed by atoms with E-state index in [1.165, 1.54) is 0 Å². The van der Waals surface area contributed by atoms with Crippen molar-refractivity contribution in [1.82, 2.24) is 10.3 Å². The Morgan fingerprint density at radius 3 is 2.33 bits per heavy atom. The lowest BCUT2D eigenvalue weighted by atomic mass is 9.77. The maximum Gasteiger partial charge on any atom is 0.497 e. The Hall–Kier alpha value is -1.40. The van der Waals surface area contributed by atoms with Crippen LogP contribution in [-0.4, -0.2) is 35.3 Å². The van der Waals surface area contributed by atoms with Crippen molar-refractivity contribution in [1.29, 1.82) is 0 Å². The molecule has 114 valence electrons. The minimum Gasteiger partial charge on any atom is -0.399 e. The van der Waals surface area contributed by atoms with Gasteiger partial charge in [-0.1, -0.05) is 0 Å². The molecule has 0 radical (unpaired) electrons. The molecule has 0 spiro atoms. The molecule has 1 aliphatic heterocycles. The number of carbonyl (C=O) groups excluding carboxylic acids is 1. The quantitative estimate of drug-likeness (QED) is 0.857. The number of pyridine rings is 1. The first-order chi connectivity index (χ1) is 9.64. The maximum atomic E-state index is 12.3. The van der Waals surface area contributed by atoms with Gasteiger partial charge >= 0.3 is 7.12 Å². The van der Waals surface area contributed by atoms with Crippen LogP contribution in [0.2, 0.25) is 0 Å². The van der Waals surface area contributed by atoms with Crippen LogP contribution in [0, 0.1) is 0 Å². The summed E-state index contributed by atoms with van der Waals surface area (Å²) in [4.78, 5) is 16.4. The lowest BCUT2D eigenvalue weighted by Gasteiger charge is -2.32. The minimum absolute atomic E-state index is 0.0665. The van der Waals surface area contributed by atoms with Gasteiger partial charge in [0.15, 0.2) is 0 Å². The molecule has 21 heavy (non-hydrogen) atoms. The molecule has 0 bridgehead atoms. The number of hydrogen-bond donors (Lipinski definition) is 1. The number of aromatic nitrogens is 1. The molecule has 0 unspecified atom stereocenters. The molecule has 1 aliphatic rings. The third-order valence-corrected chi connectivity index (χ3v) is 4.02. The molecule has 2 heterocycles. The minimum atomic E-state index is -0.586. The summed E-state index contributed by atoms with van der Waals surface area (Å²) in [6, 6.07) is 1.76. The Labute approximate surface area is 126 Å². The van der Waals surface area contributed by atoms with Crippen molar-refractivity contribution in [2.75, 3.05) is 0 Å². The van der Waals surface area contributed by atoms with Gasteiger partial charge in [-0.05, 0) is 47.6 Å². The molecule has 5 nitrogen and oxygen atoms in total. The lowest BCUT2D eigenvalue weighted by molar-refractivity contribution is 0.00578. The number of rotatable bonds is 3. The van der Waals surface area contributed by atoms with Crippen molar-refractivity contribution < 1.29 is 14.1 Å². The van der Waals surface area contributed by atoms with E-state index in [-0.39, 0.29) is 11.9 Å². The number of amides is 1. The van der Waals surface area contributed by atoms with Gasteiger partial charge < -0.3 is 14.6 Å². The summed E-state index contributed by atoms with van der Waals surface area (Å²) in [5.41, 5.74) is 0.310. The summed E-state index contributed by atoms with van der Waals surface area (Å²) in [7, 11) is -0.586. The molecular formula is C15H23BN2O3. The first-order valence-corrected chi connectivity index (χ1v) is 7.24. The largest absolute Gasteiger partial charge is 0.497 e. The average molecular weight is 290 g/mol. The van der Waals surface area contributed by atoms with Crippen LogP contribution in [0.4, 0.5) is 0 Å². The number of nitrogens with one attached hydrogen (secondary N) is 1. The number of nitrogens with zero attached hydrogens (tertiary/aromatic N) is 1. The molecule has 2 rings (SSSR count). The molecule has 1 aromatic rings. The van der Waals surface area contributed by atoms with E-state index in [0.717, 1.165) is 0 Å². The van der Waals surface area contributed by atoms with Crippen molar-refractivity contribution >= 4 is 18.5 Å². The Kier molecular flexibility index (Phi) is 4.13. The molecule has 1 N–H and O–H groups in total. The van der Waals surface area contributed by atoms with E-state index >= 15 is 0 Å². The van der Waals surface area contributed by atoms with E-state index < -0.39 is 18.3 Å². The zero-order chi connectivity index (χ0) is 15.8. The van der Waals surface area contributed by atoms with Crippen LogP contribution in [0.25, 0.3) is 0 Å². The van der Waals surface area contributed by atoms with Crippen molar-refractivity contribution in [3.63, 3.8) is 0 Å². The third-order valence-electron chi connectivity index (χ3n) is 4.02. The summed E-state index contributed by atoms with van der Waals surface area (Å²) < 4.78 is 12.0. The predicted octanol–water partition coefficient (Wildman–Crippen LogP) is 1.52. The molecule has 1 fully saturated rings. The fraction of sp³-hybridized carbons (Fsp3) is 0.600. The summed E-state index contributed by atoms with van der Waals surface area (Å²) >= 11 is 0. The second kappa shape index (κ2) is 5.42. The van der Waals surface area contributed by atoms with Crippen LogP contribution in [-0.2, 0) is 9.31 Å². The normalized spacial score (nSPS) is 19.9. The molecule has 1 aromatic heterocycles. The second-order valence-corrected chi connectivity index (χ2v) is 6.68. The number of hydrogen-bond acceptors (Lipinski definition) is 4. The lowest BCUT2D eigenvalue weighted by Crippen LogP contribution is -2.42. The van der Waals surface area contributed by atoms with Crippen LogP contribution in [0.15, 0.2) is 18.5 Å². The van der Waals surface area contributed by atoms with Gasteiger partial charge in [0.25, 0.3) is 5.91 Å². The van der Waals surface area contributed by atoms with Gasteiger partial charge in [0.2, 0.25) is 0 Å². The first-order valence-electron chi connectivity index (χ1n) is 7.24. The van der Waals surface area contributed by atoms with E-state index in [9.17, 15) is 4.79 Å². The standard InChI is InChI=1S/C15H23BN2O3/c1-10(2)18-13(19)11-7-8-17-9-12(11)16-20-14(3,4)15(5,6)21-16/h7-10H,1-6H3,(H,18,19). The van der Waals surface area contributed by atoms with Crippen LogP contribution < -0.4 is 10.8 Å². The predicted molar refractivity (Wildman–Crippen MR) is 82.6 cm³/mol. The number of carbonyl (C=O) groups is 1. The van der Waals surface area contributed by atoms with Crippen LogP contribution in [0.1, 0.15) is 51.9 Å². The monoisotopic (exact) mass is 290 g/mol. The molecule has 6 heteroatoms. The highest BCUT2D eigenvalue weighted by Crippen LogP contribution is 2.36. The van der Waals surface area contributed by atoms with Gasteiger partial charge in [0, 0.05) is 29.5 Å². The van der Waals surface area contributed by atoms with Gasteiger partial charge in [0.1, 0.15) is 0 Å². The Bertz CT molecular complexity index is 527. The summed E-state index contributed by atoms with van der Waals surface area (Å²) in [5.74, 6) is -0.142. The van der Waals surface area contributed by atoms with Crippen molar-refractivity contribution in [2.24, 2.45) is 0 Å². The highest BCUT2D eigenvalue weighted by atomic mass is 16.7. The van der Waals surface area contributed by atoms with Gasteiger partial charge in [0.05, 0.1) is 11.2 Å². The summed E-state index contributed by atoms with van der Waals surface area (Å²) in [6.07, 6.45) is 3.24. The smallest absolute Gasteiger partial charge is 0.399 e. The molecule has 0 aliphatic carbocycles. The van der Waals surface area contributed by atoms with E-state index in [4.69, 9.17) is 9.31 Å². The van der Waals surface area contributed by atoms with Crippen molar-refractivity contribution in [3.8, 4) is 0 Å². The highest BCUT2D eigenvalue weighted by Gasteiger charge is 2.52. The first kappa shape index (κ1) is 16.0. The van der Waals surface area contributed by atoms with Crippen LogP contribution >= 0.6 is 0 Å². The molecular weight excluding hydrogens is 267 g/mol. The SMILES string of the molecule is CC(C)NC(=O)c1ccncc1B1OC(C)(C)C(C)(C)O1. The Morgan fingerprint density at radius 2 is 1.81 bits per heavy atom. The van der Waals surface area contributed by atoms with E-state index in [0.29, 0.717) is 11.0 Å². The van der Waals surface area contributed by atoms with Gasteiger partial charge in [-0.3, -0.25) is 9.78 Å². The van der Waals surface area contributed by atoms with Crippen molar-refractivity contribution in [2.45, 2.75) is 58.8 Å². The van der Waals surface area contributed by atoms with Gasteiger partial charge in [-0.2, -0.15) is 0 Å². The van der Waals surface area contributed by atoms with Gasteiger partial charge in [-0.15, -0.1) is 0 Å². The maximum absolute atomic E-state index is 12.3. The van der Waals surface area contributed by atoms with Gasteiger partial charge in [-0.25, -0.2) is 0 Å².